The van der Waals surface area contributed by atoms with Gasteiger partial charge < -0.3 is 37.2 Å². The number of anilines is 2. The van der Waals surface area contributed by atoms with E-state index in [0.717, 1.165) is 60.5 Å². The highest BCUT2D eigenvalue weighted by Crippen LogP contribution is 2.49. The summed E-state index contributed by atoms with van der Waals surface area (Å²) in [6.45, 7) is 4.50. The van der Waals surface area contributed by atoms with Crippen LogP contribution in [-0.4, -0.2) is 88.9 Å². The summed E-state index contributed by atoms with van der Waals surface area (Å²) >= 11 is 0. The number of carbonyl (C=O) groups excluding carboxylic acids is 2. The van der Waals surface area contributed by atoms with Crippen molar-refractivity contribution in [3.05, 3.63) is 76.9 Å². The maximum atomic E-state index is 12.9. The molecule has 14 heteroatoms. The summed E-state index contributed by atoms with van der Waals surface area (Å²) in [5.74, 6) is -0.105. The summed E-state index contributed by atoms with van der Waals surface area (Å²) in [5.41, 5.74) is 19.3. The summed E-state index contributed by atoms with van der Waals surface area (Å²) in [4.78, 5) is 31.2. The van der Waals surface area contributed by atoms with E-state index < -0.39 is 0 Å². The molecule has 2 fully saturated rings. The van der Waals surface area contributed by atoms with E-state index in [1.54, 1.807) is 33.3 Å². The molecule has 2 amide bonds. The van der Waals surface area contributed by atoms with Crippen LogP contribution >= 0.6 is 0 Å². The fraction of sp³-hybridized carbons (Fsp3) is 0.424. The normalized spacial score (nSPS) is 18.4. The molecule has 248 valence electrons. The molecule has 0 spiro atoms. The first-order valence-corrected chi connectivity index (χ1v) is 16.0. The number of para-hydroxylation sites is 1. The number of likely N-dealkylation sites (tertiary alicyclic amines) is 1. The van der Waals surface area contributed by atoms with Gasteiger partial charge in [-0.15, -0.1) is 5.10 Å². The van der Waals surface area contributed by atoms with Crippen LogP contribution in [0.1, 0.15) is 60.1 Å². The van der Waals surface area contributed by atoms with Gasteiger partial charge in [-0.3, -0.25) is 19.2 Å². The van der Waals surface area contributed by atoms with Crippen molar-refractivity contribution in [1.29, 1.82) is 0 Å². The van der Waals surface area contributed by atoms with Crippen LogP contribution in [0.4, 0.5) is 11.4 Å². The Morgan fingerprint density at radius 3 is 2.49 bits per heavy atom. The van der Waals surface area contributed by atoms with Gasteiger partial charge in [0.2, 0.25) is 0 Å². The van der Waals surface area contributed by atoms with Gasteiger partial charge in [0.1, 0.15) is 5.70 Å². The van der Waals surface area contributed by atoms with E-state index in [-0.39, 0.29) is 35.6 Å². The number of carbonyl (C=O) groups is 2. The predicted octanol–water partition coefficient (Wildman–Crippen LogP) is 1.88. The molecule has 14 nitrogen and oxygen atoms in total. The first kappa shape index (κ1) is 31.9. The van der Waals surface area contributed by atoms with Crippen molar-refractivity contribution in [2.75, 3.05) is 51.5 Å². The van der Waals surface area contributed by atoms with Crippen LogP contribution < -0.4 is 32.3 Å². The Morgan fingerprint density at radius 1 is 1.09 bits per heavy atom. The maximum Gasteiger partial charge on any atom is 0.273 e. The number of rotatable bonds is 11. The Labute approximate surface area is 274 Å². The first-order chi connectivity index (χ1) is 22.6. The monoisotopic (exact) mass is 640 g/mol. The van der Waals surface area contributed by atoms with Gasteiger partial charge in [-0.25, -0.2) is 0 Å². The number of nitrogens with two attached hydrogens (primary N) is 2. The largest absolute Gasteiger partial charge is 0.393 e. The lowest BCUT2D eigenvalue weighted by Gasteiger charge is -2.43. The van der Waals surface area contributed by atoms with Crippen LogP contribution in [0.3, 0.4) is 0 Å². The zero-order chi connectivity index (χ0) is 33.4. The number of nitrogens with one attached hydrogen (secondary N) is 3. The van der Waals surface area contributed by atoms with Crippen molar-refractivity contribution in [2.24, 2.45) is 11.5 Å². The molecule has 1 saturated carbocycles. The van der Waals surface area contributed by atoms with Crippen LogP contribution in [0.15, 0.2) is 59.8 Å². The van der Waals surface area contributed by atoms with Crippen LogP contribution in [0, 0.1) is 0 Å². The Kier molecular flexibility index (Phi) is 8.78. The number of nitrogens with zero attached hydrogens (tertiary/aromatic N) is 7. The molecule has 1 aromatic carbocycles. The molecule has 1 unspecified atom stereocenters. The first-order valence-electron chi connectivity index (χ1n) is 16.0. The lowest BCUT2D eigenvalue weighted by molar-refractivity contribution is -0.117. The second kappa shape index (κ2) is 12.9. The number of benzene rings is 1. The molecule has 1 atom stereocenters. The zero-order valence-electron chi connectivity index (χ0n) is 27.6. The van der Waals surface area contributed by atoms with Crippen molar-refractivity contribution in [3.8, 4) is 11.1 Å². The Hall–Kier alpha value is -5.11. The minimum absolute atomic E-state index is 0.0743. The van der Waals surface area contributed by atoms with E-state index >= 15 is 0 Å². The second-order valence-corrected chi connectivity index (χ2v) is 12.6. The molecule has 4 heterocycles. The number of allylic oxidation sites excluding steroid dienone is 1. The van der Waals surface area contributed by atoms with Gasteiger partial charge in [0.15, 0.2) is 5.69 Å². The molecule has 1 saturated heterocycles. The molecule has 6 rings (SSSR count). The van der Waals surface area contributed by atoms with Gasteiger partial charge in [0.05, 0.1) is 52.6 Å². The summed E-state index contributed by atoms with van der Waals surface area (Å²) in [5, 5.41) is 22.6. The van der Waals surface area contributed by atoms with Crippen molar-refractivity contribution < 1.29 is 9.59 Å². The number of hydrogen-bond donors (Lipinski definition) is 5. The molecule has 0 radical (unpaired) electrons. The van der Waals surface area contributed by atoms with Gasteiger partial charge in [0.25, 0.3) is 11.8 Å². The summed E-state index contributed by atoms with van der Waals surface area (Å²) in [7, 11) is 7.21. The van der Waals surface area contributed by atoms with E-state index in [0.29, 0.717) is 23.8 Å². The summed E-state index contributed by atoms with van der Waals surface area (Å²) < 4.78 is 2.19. The summed E-state index contributed by atoms with van der Waals surface area (Å²) in [6, 6.07) is 10.2. The Balaban J connectivity index is 1.24. The Morgan fingerprint density at radius 2 is 1.85 bits per heavy atom. The fourth-order valence-corrected chi connectivity index (χ4v) is 6.26. The van der Waals surface area contributed by atoms with E-state index in [1.807, 2.05) is 24.4 Å². The Bertz CT molecular complexity index is 1720. The van der Waals surface area contributed by atoms with E-state index in [2.05, 4.69) is 60.7 Å². The summed E-state index contributed by atoms with van der Waals surface area (Å²) in [6.07, 6.45) is 6.41. The van der Waals surface area contributed by atoms with Crippen molar-refractivity contribution in [2.45, 2.75) is 50.9 Å². The van der Waals surface area contributed by atoms with Crippen LogP contribution in [0.5, 0.6) is 0 Å². The van der Waals surface area contributed by atoms with Gasteiger partial charge >= 0.3 is 0 Å². The number of aromatic nitrogens is 4. The molecule has 1 aliphatic carbocycles. The van der Waals surface area contributed by atoms with Gasteiger partial charge in [0, 0.05) is 71.1 Å². The number of fused-ring (bicyclic) bond motifs is 3. The minimum Gasteiger partial charge on any atom is -0.393 e. The van der Waals surface area contributed by atoms with Crippen LogP contribution in [-0.2, 0) is 11.3 Å². The van der Waals surface area contributed by atoms with Crippen molar-refractivity contribution in [3.63, 3.8) is 0 Å². The van der Waals surface area contributed by atoms with Crippen LogP contribution in [0.25, 0.3) is 11.1 Å². The van der Waals surface area contributed by atoms with E-state index in [4.69, 9.17) is 16.6 Å². The third-order valence-corrected chi connectivity index (χ3v) is 9.00. The molecular weight excluding hydrogens is 596 g/mol. The standard InChI is InChI=1S/C33H44N12O2/c1-6-27-31-23(15-37-45(31)21-17-44(18-21)16-20-12-13-25(41-40-20)33(47)42(3)4)22-8-7-9-24(30(22)43(27)5)39-26(14-28(34)36-2)29(35)32(46)38-19-10-11-19/h7-9,12-15,19,21,27,36,39H,6,10-11,16-18,34-35H2,1-5H3,(H,38,46)/b28-14+,29-26+. The molecule has 3 aliphatic rings. The zero-order valence-corrected chi connectivity index (χ0v) is 27.6. The number of amides is 2. The molecule has 2 aliphatic heterocycles. The number of hydrogen-bond acceptors (Lipinski definition) is 11. The molecule has 0 bridgehead atoms. The SMILES string of the molecule is CCC1c2c(cnn2C2CN(Cc3ccc(C(=O)N(C)C)nn3)C2)-c2cccc(NC(/C=C(\N)NC)=C(/N)C(=O)NC3CC3)c2N1C. The third kappa shape index (κ3) is 6.32. The van der Waals surface area contributed by atoms with Gasteiger partial charge in [-0.05, 0) is 37.5 Å². The average molecular weight is 641 g/mol. The lowest BCUT2D eigenvalue weighted by atomic mass is 9.91. The second-order valence-electron chi connectivity index (χ2n) is 12.6. The smallest absolute Gasteiger partial charge is 0.273 e. The molecule has 2 aromatic heterocycles. The molecule has 3 aromatic rings. The van der Waals surface area contributed by atoms with E-state index in [1.165, 1.54) is 10.6 Å². The topological polar surface area (TPSA) is 176 Å². The van der Waals surface area contributed by atoms with Gasteiger partial charge in [-0.1, -0.05) is 19.1 Å². The van der Waals surface area contributed by atoms with Gasteiger partial charge in [-0.2, -0.15) is 10.2 Å². The highest BCUT2D eigenvalue weighted by Gasteiger charge is 2.38. The van der Waals surface area contributed by atoms with E-state index in [9.17, 15) is 9.59 Å². The molecule has 47 heavy (non-hydrogen) atoms. The molecular formula is C33H44N12O2. The average Bonchev–Trinajstić information content (AvgIpc) is 3.77. The quantitative estimate of drug-likeness (QED) is 0.153. The highest BCUT2D eigenvalue weighted by molar-refractivity contribution is 5.96. The van der Waals surface area contributed by atoms with Crippen LogP contribution in [0.2, 0.25) is 0 Å². The predicted molar refractivity (Wildman–Crippen MR) is 181 cm³/mol. The van der Waals surface area contributed by atoms with Crippen molar-refractivity contribution in [1.82, 2.24) is 40.4 Å². The van der Waals surface area contributed by atoms with Crippen molar-refractivity contribution >= 4 is 23.2 Å². The lowest BCUT2D eigenvalue weighted by Crippen LogP contribution is -2.48. The minimum atomic E-state index is -0.318. The highest BCUT2D eigenvalue weighted by atomic mass is 16.2. The third-order valence-electron chi connectivity index (χ3n) is 9.00. The fourth-order valence-electron chi connectivity index (χ4n) is 6.26. The molecule has 7 N–H and O–H groups in total. The maximum absolute atomic E-state index is 12.9.